The molecule has 0 bridgehead atoms. The van der Waals surface area contributed by atoms with E-state index >= 15 is 0 Å². The predicted octanol–water partition coefficient (Wildman–Crippen LogP) is 1.14. The van der Waals surface area contributed by atoms with Crippen molar-refractivity contribution in [1.82, 2.24) is 5.32 Å². The van der Waals surface area contributed by atoms with Crippen LogP contribution in [0.3, 0.4) is 0 Å². The molecule has 1 atom stereocenters. The van der Waals surface area contributed by atoms with Crippen molar-refractivity contribution >= 4 is 9.84 Å². The molecule has 0 fully saturated rings. The summed E-state index contributed by atoms with van der Waals surface area (Å²) in [6, 6.07) is 7.08. The molecule has 1 unspecified atom stereocenters. The van der Waals surface area contributed by atoms with Gasteiger partial charge in [0, 0.05) is 18.9 Å². The number of sulfone groups is 1. The lowest BCUT2D eigenvalue weighted by Crippen LogP contribution is -2.21. The zero-order valence-electron chi connectivity index (χ0n) is 12.0. The Morgan fingerprint density at radius 1 is 1.25 bits per heavy atom. The smallest absolute Gasteiger partial charge is 0.175 e. The van der Waals surface area contributed by atoms with Gasteiger partial charge in [0.2, 0.25) is 0 Å². The van der Waals surface area contributed by atoms with Gasteiger partial charge in [-0.3, -0.25) is 0 Å². The van der Waals surface area contributed by atoms with Gasteiger partial charge in [0.1, 0.15) is 0 Å². The molecule has 0 radical (unpaired) electrons. The van der Waals surface area contributed by atoms with Crippen LogP contribution in [-0.2, 0) is 14.6 Å². The number of benzene rings is 1. The predicted molar refractivity (Wildman–Crippen MR) is 78.5 cm³/mol. The quantitative estimate of drug-likeness (QED) is 0.669. The lowest BCUT2D eigenvalue weighted by atomic mass is 10.1. The van der Waals surface area contributed by atoms with Crippen LogP contribution in [0.1, 0.15) is 24.9 Å². The summed E-state index contributed by atoms with van der Waals surface area (Å²) >= 11 is 0. The Morgan fingerprint density at radius 3 is 2.45 bits per heavy atom. The van der Waals surface area contributed by atoms with Gasteiger partial charge in [0.25, 0.3) is 0 Å². The average molecular weight is 301 g/mol. The van der Waals surface area contributed by atoms with E-state index in [4.69, 9.17) is 9.84 Å². The molecule has 6 heteroatoms. The molecule has 114 valence electrons. The average Bonchev–Trinajstić information content (AvgIpc) is 2.41. The van der Waals surface area contributed by atoms with Crippen LogP contribution in [0, 0.1) is 0 Å². The van der Waals surface area contributed by atoms with Crippen molar-refractivity contribution in [2.24, 2.45) is 0 Å². The first-order valence-electron chi connectivity index (χ1n) is 6.67. The third kappa shape index (κ3) is 6.00. The highest BCUT2D eigenvalue weighted by molar-refractivity contribution is 7.90. The normalized spacial score (nSPS) is 13.3. The number of hydrogen-bond acceptors (Lipinski definition) is 5. The lowest BCUT2D eigenvalue weighted by Gasteiger charge is -2.14. The van der Waals surface area contributed by atoms with E-state index in [0.29, 0.717) is 18.1 Å². The summed E-state index contributed by atoms with van der Waals surface area (Å²) in [5.41, 5.74) is 1.05. The van der Waals surface area contributed by atoms with Crippen LogP contribution in [-0.4, -0.2) is 46.1 Å². The first kappa shape index (κ1) is 17.1. The Bertz CT molecular complexity index is 484. The highest BCUT2D eigenvalue weighted by Gasteiger charge is 2.08. The fourth-order valence-corrected chi connectivity index (χ4v) is 2.41. The molecule has 2 N–H and O–H groups in total. The van der Waals surface area contributed by atoms with Crippen molar-refractivity contribution in [2.45, 2.75) is 24.3 Å². The maximum absolute atomic E-state index is 11.4. The highest BCUT2D eigenvalue weighted by Crippen LogP contribution is 2.16. The van der Waals surface area contributed by atoms with E-state index in [1.54, 1.807) is 12.1 Å². The molecule has 0 spiro atoms. The van der Waals surface area contributed by atoms with Gasteiger partial charge in [0.05, 0.1) is 18.1 Å². The van der Waals surface area contributed by atoms with Crippen LogP contribution >= 0.6 is 0 Å². The summed E-state index contributed by atoms with van der Waals surface area (Å²) in [7, 11) is -3.13. The van der Waals surface area contributed by atoms with E-state index in [-0.39, 0.29) is 12.6 Å². The van der Waals surface area contributed by atoms with Gasteiger partial charge in [0.15, 0.2) is 9.84 Å². The summed E-state index contributed by atoms with van der Waals surface area (Å²) < 4.78 is 27.9. The minimum absolute atomic E-state index is 0.0521. The van der Waals surface area contributed by atoms with Crippen molar-refractivity contribution in [3.8, 4) is 0 Å². The molecule has 0 aliphatic rings. The Morgan fingerprint density at radius 2 is 1.90 bits per heavy atom. The SMILES string of the molecule is CC(NCCCOCCO)c1ccc(S(C)(=O)=O)cc1. The molecule has 0 aliphatic carbocycles. The van der Waals surface area contributed by atoms with Gasteiger partial charge in [-0.05, 0) is 37.6 Å². The fraction of sp³-hybridized carbons (Fsp3) is 0.571. The van der Waals surface area contributed by atoms with Crippen molar-refractivity contribution in [1.29, 1.82) is 0 Å². The molecule has 1 aromatic carbocycles. The molecular formula is C14H23NO4S. The molecular weight excluding hydrogens is 278 g/mol. The lowest BCUT2D eigenvalue weighted by molar-refractivity contribution is 0.0904. The van der Waals surface area contributed by atoms with E-state index in [0.717, 1.165) is 18.5 Å². The van der Waals surface area contributed by atoms with Crippen LogP contribution in [0.15, 0.2) is 29.2 Å². The third-order valence-corrected chi connectivity index (χ3v) is 4.09. The third-order valence-electron chi connectivity index (χ3n) is 2.96. The Kier molecular flexibility index (Phi) is 7.15. The van der Waals surface area contributed by atoms with Crippen LogP contribution in [0.4, 0.5) is 0 Å². The second kappa shape index (κ2) is 8.36. The van der Waals surface area contributed by atoms with Gasteiger partial charge in [-0.1, -0.05) is 12.1 Å². The number of rotatable bonds is 9. The first-order chi connectivity index (χ1) is 9.45. The molecule has 0 aromatic heterocycles. The first-order valence-corrected chi connectivity index (χ1v) is 8.56. The van der Waals surface area contributed by atoms with E-state index in [1.807, 2.05) is 19.1 Å². The molecule has 1 aromatic rings. The topological polar surface area (TPSA) is 75.6 Å². The van der Waals surface area contributed by atoms with Crippen LogP contribution in [0.5, 0.6) is 0 Å². The minimum Gasteiger partial charge on any atom is -0.394 e. The summed E-state index contributed by atoms with van der Waals surface area (Å²) in [6.07, 6.45) is 2.07. The van der Waals surface area contributed by atoms with Gasteiger partial charge in [-0.2, -0.15) is 0 Å². The van der Waals surface area contributed by atoms with Crippen LogP contribution < -0.4 is 5.32 Å². The Labute approximate surface area is 120 Å². The number of nitrogens with one attached hydrogen (secondary N) is 1. The summed E-state index contributed by atoms with van der Waals surface area (Å²) in [4.78, 5) is 0.339. The summed E-state index contributed by atoms with van der Waals surface area (Å²) in [6.45, 7) is 3.89. The Hall–Kier alpha value is -0.950. The number of ether oxygens (including phenoxy) is 1. The summed E-state index contributed by atoms with van der Waals surface area (Å²) in [5.74, 6) is 0. The number of aliphatic hydroxyl groups is 1. The minimum atomic E-state index is -3.13. The van der Waals surface area contributed by atoms with Crippen LogP contribution in [0.2, 0.25) is 0 Å². The van der Waals surface area contributed by atoms with Gasteiger partial charge < -0.3 is 15.2 Å². The van der Waals surface area contributed by atoms with Crippen LogP contribution in [0.25, 0.3) is 0 Å². The second-order valence-electron chi connectivity index (χ2n) is 4.71. The van der Waals surface area contributed by atoms with E-state index in [9.17, 15) is 8.42 Å². The molecule has 1 rings (SSSR count). The summed E-state index contributed by atoms with van der Waals surface area (Å²) in [5, 5.41) is 11.9. The molecule has 0 aliphatic heterocycles. The maximum atomic E-state index is 11.4. The number of hydrogen-bond donors (Lipinski definition) is 2. The molecule has 0 saturated heterocycles. The molecule has 0 saturated carbocycles. The molecule has 5 nitrogen and oxygen atoms in total. The van der Waals surface area contributed by atoms with E-state index in [2.05, 4.69) is 5.32 Å². The van der Waals surface area contributed by atoms with E-state index in [1.165, 1.54) is 6.26 Å². The highest BCUT2D eigenvalue weighted by atomic mass is 32.2. The van der Waals surface area contributed by atoms with Gasteiger partial charge in [-0.15, -0.1) is 0 Å². The largest absolute Gasteiger partial charge is 0.394 e. The monoisotopic (exact) mass is 301 g/mol. The standard InChI is InChI=1S/C14H23NO4S/c1-12(15-8-3-10-19-11-9-16)13-4-6-14(7-5-13)20(2,17)18/h4-7,12,15-16H,3,8-11H2,1-2H3. The van der Waals surface area contributed by atoms with Gasteiger partial charge in [-0.25, -0.2) is 8.42 Å². The second-order valence-corrected chi connectivity index (χ2v) is 6.72. The van der Waals surface area contributed by atoms with Crippen molar-refractivity contribution < 1.29 is 18.3 Å². The van der Waals surface area contributed by atoms with Crippen molar-refractivity contribution in [3.63, 3.8) is 0 Å². The molecule has 0 amide bonds. The maximum Gasteiger partial charge on any atom is 0.175 e. The fourth-order valence-electron chi connectivity index (χ4n) is 1.78. The Balaban J connectivity index is 2.38. The van der Waals surface area contributed by atoms with Crippen molar-refractivity contribution in [2.75, 3.05) is 32.6 Å². The molecule has 0 heterocycles. The molecule has 20 heavy (non-hydrogen) atoms. The zero-order valence-corrected chi connectivity index (χ0v) is 12.8. The van der Waals surface area contributed by atoms with Gasteiger partial charge >= 0.3 is 0 Å². The van der Waals surface area contributed by atoms with Crippen molar-refractivity contribution in [3.05, 3.63) is 29.8 Å². The number of aliphatic hydroxyl groups excluding tert-OH is 1. The zero-order chi connectivity index (χ0) is 15.0. The van der Waals surface area contributed by atoms with E-state index < -0.39 is 9.84 Å².